The van der Waals surface area contributed by atoms with Gasteiger partial charge in [0.05, 0.1) is 6.10 Å². The minimum absolute atomic E-state index is 0.153. The van der Waals surface area contributed by atoms with Crippen LogP contribution in [-0.4, -0.2) is 21.0 Å². The van der Waals surface area contributed by atoms with E-state index in [0.29, 0.717) is 6.54 Å². The molecular weight excluding hydrogens is 302 g/mol. The molecule has 4 nitrogen and oxygen atoms in total. The molecule has 0 bridgehead atoms. The van der Waals surface area contributed by atoms with Crippen molar-refractivity contribution >= 4 is 8.32 Å². The highest BCUT2D eigenvalue weighted by atomic mass is 28.4. The second kappa shape index (κ2) is 8.92. The summed E-state index contributed by atoms with van der Waals surface area (Å²) in [6, 6.07) is 10.5. The van der Waals surface area contributed by atoms with Crippen molar-refractivity contribution in [2.75, 3.05) is 6.54 Å². The van der Waals surface area contributed by atoms with Crippen molar-refractivity contribution in [2.24, 2.45) is 5.11 Å². The van der Waals surface area contributed by atoms with E-state index in [-0.39, 0.29) is 11.1 Å². The van der Waals surface area contributed by atoms with Crippen LogP contribution in [-0.2, 0) is 10.8 Å². The number of nitrogens with zero attached hydrogens (tertiary/aromatic N) is 3. The van der Waals surface area contributed by atoms with Crippen molar-refractivity contribution in [3.63, 3.8) is 0 Å². The van der Waals surface area contributed by atoms with Gasteiger partial charge in [-0.1, -0.05) is 68.4 Å². The summed E-state index contributed by atoms with van der Waals surface area (Å²) in [6.45, 7) is 11.8. The van der Waals surface area contributed by atoms with Crippen LogP contribution in [0.3, 0.4) is 0 Å². The van der Waals surface area contributed by atoms with Gasteiger partial charge in [-0.15, -0.1) is 0 Å². The van der Waals surface area contributed by atoms with Gasteiger partial charge in [0, 0.05) is 11.5 Å². The van der Waals surface area contributed by atoms with Gasteiger partial charge in [-0.3, -0.25) is 0 Å². The van der Waals surface area contributed by atoms with Gasteiger partial charge in [0.1, 0.15) is 0 Å². The molecule has 23 heavy (non-hydrogen) atoms. The molecule has 0 radical (unpaired) electrons. The van der Waals surface area contributed by atoms with Crippen molar-refractivity contribution in [3.05, 3.63) is 58.5 Å². The molecule has 1 aromatic carbocycles. The van der Waals surface area contributed by atoms with Crippen LogP contribution in [0.25, 0.3) is 10.4 Å². The highest BCUT2D eigenvalue weighted by Gasteiger charge is 2.38. The molecule has 0 heterocycles. The second-order valence-corrected chi connectivity index (χ2v) is 12.1. The molecule has 0 N–H and O–H groups in total. The second-order valence-electron chi connectivity index (χ2n) is 7.31. The fourth-order valence-corrected chi connectivity index (χ4v) is 3.42. The standard InChI is InChI=1S/C18H29N3OSi/c1-18(2,3)23(4,5)22-17(13-9-10-14-20-21-19)15-16-11-7-6-8-12-16/h6-12,17H,13-15H2,1-5H3. The molecule has 0 amide bonds. The minimum Gasteiger partial charge on any atom is -0.413 e. The molecule has 126 valence electrons. The van der Waals surface area contributed by atoms with Gasteiger partial charge >= 0.3 is 0 Å². The first-order valence-corrected chi connectivity index (χ1v) is 11.0. The van der Waals surface area contributed by atoms with Crippen LogP contribution in [0.5, 0.6) is 0 Å². The lowest BCUT2D eigenvalue weighted by Gasteiger charge is -2.39. The molecule has 0 aliphatic rings. The maximum atomic E-state index is 8.32. The molecule has 1 atom stereocenters. The molecule has 1 rings (SSSR count). The predicted octanol–water partition coefficient (Wildman–Crippen LogP) is 5.88. The first-order valence-electron chi connectivity index (χ1n) is 8.14. The highest BCUT2D eigenvalue weighted by Crippen LogP contribution is 2.38. The Bertz CT molecular complexity index is 543. The van der Waals surface area contributed by atoms with Crippen molar-refractivity contribution in [1.29, 1.82) is 0 Å². The van der Waals surface area contributed by atoms with Gasteiger partial charge in [0.25, 0.3) is 0 Å². The fraction of sp³-hybridized carbons (Fsp3) is 0.556. The van der Waals surface area contributed by atoms with Crippen molar-refractivity contribution in [2.45, 2.75) is 57.8 Å². The third kappa shape index (κ3) is 7.04. The maximum absolute atomic E-state index is 8.32. The third-order valence-corrected chi connectivity index (χ3v) is 8.92. The zero-order valence-electron chi connectivity index (χ0n) is 15.0. The smallest absolute Gasteiger partial charge is 0.192 e. The molecule has 1 aromatic rings. The third-order valence-electron chi connectivity index (χ3n) is 4.39. The van der Waals surface area contributed by atoms with Crippen LogP contribution >= 0.6 is 0 Å². The van der Waals surface area contributed by atoms with E-state index >= 15 is 0 Å². The lowest BCUT2D eigenvalue weighted by molar-refractivity contribution is 0.183. The molecule has 0 saturated heterocycles. The summed E-state index contributed by atoms with van der Waals surface area (Å²) in [6.07, 6.45) is 5.87. The Morgan fingerprint density at radius 2 is 1.87 bits per heavy atom. The zero-order valence-corrected chi connectivity index (χ0v) is 16.0. The Hall–Kier alpha value is -1.55. The van der Waals surface area contributed by atoms with E-state index in [9.17, 15) is 0 Å². The van der Waals surface area contributed by atoms with Crippen molar-refractivity contribution < 1.29 is 4.43 Å². The molecule has 0 aliphatic heterocycles. The number of hydrogen-bond donors (Lipinski definition) is 0. The first-order chi connectivity index (χ1) is 10.8. The van der Waals surface area contributed by atoms with Crippen LogP contribution in [0.2, 0.25) is 18.1 Å². The topological polar surface area (TPSA) is 58.0 Å². The highest BCUT2D eigenvalue weighted by molar-refractivity contribution is 6.74. The van der Waals surface area contributed by atoms with E-state index in [1.807, 2.05) is 12.1 Å². The van der Waals surface area contributed by atoms with E-state index in [2.05, 4.69) is 74.2 Å². The van der Waals surface area contributed by atoms with Crippen LogP contribution < -0.4 is 0 Å². The molecule has 5 heteroatoms. The number of benzene rings is 1. The predicted molar refractivity (Wildman–Crippen MR) is 100.0 cm³/mol. The van der Waals surface area contributed by atoms with Gasteiger partial charge in [0.15, 0.2) is 8.32 Å². The average molecular weight is 332 g/mol. The number of azide groups is 1. The summed E-state index contributed by atoms with van der Waals surface area (Å²) in [5.74, 6) is 0. The molecule has 0 fully saturated rings. The molecular formula is C18H29N3OSi. The first kappa shape index (κ1) is 19.5. The van der Waals surface area contributed by atoms with Gasteiger partial charge < -0.3 is 4.43 Å². The number of rotatable bonds is 8. The summed E-state index contributed by atoms with van der Waals surface area (Å²) in [4.78, 5) is 2.76. The van der Waals surface area contributed by atoms with E-state index in [1.54, 1.807) is 0 Å². The Morgan fingerprint density at radius 3 is 2.43 bits per heavy atom. The summed E-state index contributed by atoms with van der Waals surface area (Å²) < 4.78 is 6.60. The van der Waals surface area contributed by atoms with E-state index < -0.39 is 8.32 Å². The molecule has 0 aliphatic carbocycles. The van der Waals surface area contributed by atoms with E-state index in [0.717, 1.165) is 12.8 Å². The minimum atomic E-state index is -1.81. The van der Waals surface area contributed by atoms with Gasteiger partial charge in [-0.25, -0.2) is 0 Å². The van der Waals surface area contributed by atoms with Crippen molar-refractivity contribution in [1.82, 2.24) is 0 Å². The van der Waals surface area contributed by atoms with E-state index in [4.69, 9.17) is 9.96 Å². The summed E-state index contributed by atoms with van der Waals surface area (Å²) in [5, 5.41) is 3.72. The van der Waals surface area contributed by atoms with Crippen LogP contribution in [0.1, 0.15) is 32.8 Å². The maximum Gasteiger partial charge on any atom is 0.192 e. The average Bonchev–Trinajstić information content (AvgIpc) is 2.46. The summed E-state index contributed by atoms with van der Waals surface area (Å²) in [7, 11) is -1.81. The van der Waals surface area contributed by atoms with Crippen LogP contribution in [0, 0.1) is 0 Å². The summed E-state index contributed by atoms with van der Waals surface area (Å²) >= 11 is 0. The van der Waals surface area contributed by atoms with Gasteiger partial charge in [-0.05, 0) is 42.1 Å². The zero-order chi connectivity index (χ0) is 17.3. The van der Waals surface area contributed by atoms with Gasteiger partial charge in [-0.2, -0.15) is 0 Å². The molecule has 1 unspecified atom stereocenters. The Labute approximate surface area is 141 Å². The summed E-state index contributed by atoms with van der Waals surface area (Å²) in [5.41, 5.74) is 9.61. The molecule has 0 spiro atoms. The lowest BCUT2D eigenvalue weighted by atomic mass is 10.1. The van der Waals surface area contributed by atoms with Crippen LogP contribution in [0.4, 0.5) is 0 Å². The molecule has 0 aromatic heterocycles. The Morgan fingerprint density at radius 1 is 1.22 bits per heavy atom. The Balaban J connectivity index is 2.79. The fourth-order valence-electron chi connectivity index (χ4n) is 2.05. The van der Waals surface area contributed by atoms with E-state index in [1.165, 1.54) is 5.56 Å². The number of hydrogen-bond acceptors (Lipinski definition) is 2. The van der Waals surface area contributed by atoms with Crippen molar-refractivity contribution in [3.8, 4) is 0 Å². The van der Waals surface area contributed by atoms with Crippen LogP contribution in [0.15, 0.2) is 47.6 Å². The normalized spacial score (nSPS) is 13.8. The quantitative estimate of drug-likeness (QED) is 0.193. The van der Waals surface area contributed by atoms with Gasteiger partial charge in [0.2, 0.25) is 0 Å². The monoisotopic (exact) mass is 331 g/mol. The lowest BCUT2D eigenvalue weighted by Crippen LogP contribution is -2.44. The SMILES string of the molecule is CC(C)(C)[Si](C)(C)OC(CC=CCN=[N+]=[N-])Cc1ccccc1. The Kier molecular flexibility index (Phi) is 7.56. The molecule has 0 saturated carbocycles. The largest absolute Gasteiger partial charge is 0.413 e.